The fourth-order valence-corrected chi connectivity index (χ4v) is 2.76. The van der Waals surface area contributed by atoms with Crippen LogP contribution in [-0.2, 0) is 17.9 Å². The van der Waals surface area contributed by atoms with Crippen LogP contribution in [0.25, 0.3) is 0 Å². The van der Waals surface area contributed by atoms with Gasteiger partial charge in [-0.2, -0.15) is 0 Å². The monoisotopic (exact) mass is 341 g/mol. The van der Waals surface area contributed by atoms with Gasteiger partial charge >= 0.3 is 6.03 Å². The Balaban J connectivity index is 1.47. The van der Waals surface area contributed by atoms with E-state index in [9.17, 15) is 14.0 Å². The largest absolute Gasteiger partial charge is 0.350 e. The van der Waals surface area contributed by atoms with E-state index in [4.69, 9.17) is 0 Å². The van der Waals surface area contributed by atoms with Crippen LogP contribution in [0.2, 0.25) is 0 Å². The van der Waals surface area contributed by atoms with Crippen molar-refractivity contribution in [2.45, 2.75) is 13.1 Å². The third-order valence-electron chi connectivity index (χ3n) is 4.13. The van der Waals surface area contributed by atoms with Gasteiger partial charge in [-0.25, -0.2) is 9.18 Å². The van der Waals surface area contributed by atoms with Crippen molar-refractivity contribution in [2.24, 2.45) is 0 Å². The Labute approximate surface area is 146 Å². The number of halogens is 1. The molecule has 0 aromatic heterocycles. The summed E-state index contributed by atoms with van der Waals surface area (Å²) >= 11 is 0. The van der Waals surface area contributed by atoms with Crippen LogP contribution in [-0.4, -0.2) is 41.4 Å². The average molecular weight is 341 g/mol. The molecule has 1 N–H and O–H groups in total. The van der Waals surface area contributed by atoms with Gasteiger partial charge in [0.25, 0.3) is 0 Å². The smallest absolute Gasteiger partial charge is 0.320 e. The van der Waals surface area contributed by atoms with Gasteiger partial charge in [-0.05, 0) is 23.3 Å². The van der Waals surface area contributed by atoms with Crippen LogP contribution in [0.15, 0.2) is 54.6 Å². The molecule has 0 radical (unpaired) electrons. The number of rotatable bonds is 6. The quantitative estimate of drug-likeness (QED) is 0.877. The predicted molar refractivity (Wildman–Crippen MR) is 92.1 cm³/mol. The SMILES string of the molecule is O=C(CN1CCN(Cc2ccccc2)C1=O)NCc1ccc(F)cc1. The van der Waals surface area contributed by atoms with Crippen molar-refractivity contribution in [3.63, 3.8) is 0 Å². The van der Waals surface area contributed by atoms with Gasteiger partial charge in [-0.3, -0.25) is 4.79 Å². The first kappa shape index (κ1) is 17.0. The average Bonchev–Trinajstić information content (AvgIpc) is 2.95. The maximum atomic E-state index is 12.9. The number of nitrogens with zero attached hydrogens (tertiary/aromatic N) is 2. The summed E-state index contributed by atoms with van der Waals surface area (Å²) in [5.41, 5.74) is 1.88. The van der Waals surface area contributed by atoms with Gasteiger partial charge in [0, 0.05) is 26.2 Å². The molecular weight excluding hydrogens is 321 g/mol. The second-order valence-corrected chi connectivity index (χ2v) is 6.01. The summed E-state index contributed by atoms with van der Waals surface area (Å²) in [6, 6.07) is 15.6. The van der Waals surface area contributed by atoms with Crippen LogP contribution in [0, 0.1) is 5.82 Å². The minimum absolute atomic E-state index is 0.0331. The first-order valence-corrected chi connectivity index (χ1v) is 8.21. The van der Waals surface area contributed by atoms with E-state index >= 15 is 0 Å². The normalized spacial score (nSPS) is 14.0. The van der Waals surface area contributed by atoms with Crippen molar-refractivity contribution in [3.8, 4) is 0 Å². The zero-order valence-corrected chi connectivity index (χ0v) is 13.8. The fourth-order valence-electron chi connectivity index (χ4n) is 2.76. The summed E-state index contributed by atoms with van der Waals surface area (Å²) in [6.45, 7) is 2.04. The second kappa shape index (κ2) is 7.79. The van der Waals surface area contributed by atoms with Crippen molar-refractivity contribution < 1.29 is 14.0 Å². The van der Waals surface area contributed by atoms with Crippen molar-refractivity contribution in [3.05, 3.63) is 71.5 Å². The highest BCUT2D eigenvalue weighted by Crippen LogP contribution is 2.13. The van der Waals surface area contributed by atoms with E-state index in [1.54, 1.807) is 21.9 Å². The number of amides is 3. The van der Waals surface area contributed by atoms with Crippen molar-refractivity contribution in [1.29, 1.82) is 0 Å². The lowest BCUT2D eigenvalue weighted by atomic mass is 10.2. The third-order valence-corrected chi connectivity index (χ3v) is 4.13. The lowest BCUT2D eigenvalue weighted by Gasteiger charge is -2.18. The van der Waals surface area contributed by atoms with Gasteiger partial charge in [0.05, 0.1) is 0 Å². The molecule has 1 aliphatic rings. The lowest BCUT2D eigenvalue weighted by Crippen LogP contribution is -2.39. The number of urea groups is 1. The Morgan fingerprint density at radius 3 is 2.36 bits per heavy atom. The van der Waals surface area contributed by atoms with Crippen molar-refractivity contribution in [1.82, 2.24) is 15.1 Å². The first-order chi connectivity index (χ1) is 12.1. The summed E-state index contributed by atoms with van der Waals surface area (Å²) in [6.07, 6.45) is 0. The van der Waals surface area contributed by atoms with Gasteiger partial charge in [0.15, 0.2) is 0 Å². The third kappa shape index (κ3) is 4.56. The van der Waals surface area contributed by atoms with Crippen molar-refractivity contribution in [2.75, 3.05) is 19.6 Å². The topological polar surface area (TPSA) is 52.7 Å². The molecule has 0 bridgehead atoms. The molecule has 0 unspecified atom stereocenters. The Morgan fingerprint density at radius 2 is 1.64 bits per heavy atom. The van der Waals surface area contributed by atoms with E-state index in [1.807, 2.05) is 30.3 Å². The summed E-state index contributed by atoms with van der Waals surface area (Å²) in [5.74, 6) is -0.532. The van der Waals surface area contributed by atoms with Crippen LogP contribution in [0.5, 0.6) is 0 Å². The molecule has 25 heavy (non-hydrogen) atoms. The van der Waals surface area contributed by atoms with Crippen LogP contribution in [0.1, 0.15) is 11.1 Å². The molecule has 1 aliphatic heterocycles. The van der Waals surface area contributed by atoms with Crippen molar-refractivity contribution >= 4 is 11.9 Å². The minimum Gasteiger partial charge on any atom is -0.350 e. The molecule has 0 saturated carbocycles. The van der Waals surface area contributed by atoms with Gasteiger partial charge < -0.3 is 15.1 Å². The van der Waals surface area contributed by atoms with Gasteiger partial charge in [-0.1, -0.05) is 42.5 Å². The Bertz CT molecular complexity index is 734. The zero-order valence-electron chi connectivity index (χ0n) is 13.8. The van der Waals surface area contributed by atoms with E-state index in [0.29, 0.717) is 26.2 Å². The summed E-state index contributed by atoms with van der Waals surface area (Å²) < 4.78 is 12.9. The lowest BCUT2D eigenvalue weighted by molar-refractivity contribution is -0.121. The highest BCUT2D eigenvalue weighted by atomic mass is 19.1. The molecule has 3 amide bonds. The molecule has 1 heterocycles. The molecule has 1 saturated heterocycles. The van der Waals surface area contributed by atoms with E-state index in [0.717, 1.165) is 11.1 Å². The highest BCUT2D eigenvalue weighted by Gasteiger charge is 2.29. The molecule has 1 fully saturated rings. The number of carbonyl (C=O) groups excluding carboxylic acids is 2. The molecule has 0 atom stereocenters. The van der Waals surface area contributed by atoms with E-state index in [-0.39, 0.29) is 24.3 Å². The second-order valence-electron chi connectivity index (χ2n) is 6.01. The van der Waals surface area contributed by atoms with Crippen LogP contribution >= 0.6 is 0 Å². The van der Waals surface area contributed by atoms with E-state index in [1.165, 1.54) is 12.1 Å². The van der Waals surface area contributed by atoms with Gasteiger partial charge in [0.1, 0.15) is 12.4 Å². The maximum Gasteiger partial charge on any atom is 0.320 e. The summed E-state index contributed by atoms with van der Waals surface area (Å²) in [7, 11) is 0. The van der Waals surface area contributed by atoms with Crippen LogP contribution in [0.3, 0.4) is 0 Å². The summed E-state index contributed by atoms with van der Waals surface area (Å²) in [4.78, 5) is 27.7. The van der Waals surface area contributed by atoms with E-state index in [2.05, 4.69) is 5.32 Å². The van der Waals surface area contributed by atoms with Gasteiger partial charge in [0.2, 0.25) is 5.91 Å². The van der Waals surface area contributed by atoms with E-state index < -0.39 is 0 Å². The molecule has 2 aromatic carbocycles. The summed E-state index contributed by atoms with van der Waals surface area (Å²) in [5, 5.41) is 2.76. The first-order valence-electron chi connectivity index (χ1n) is 8.21. The highest BCUT2D eigenvalue weighted by molar-refractivity contribution is 5.85. The van der Waals surface area contributed by atoms with Gasteiger partial charge in [-0.15, -0.1) is 0 Å². The maximum absolute atomic E-state index is 12.9. The standard InChI is InChI=1S/C19H20FN3O2/c20-17-8-6-15(7-9-17)12-21-18(24)14-23-11-10-22(19(23)25)13-16-4-2-1-3-5-16/h1-9H,10-14H2,(H,21,24). The fraction of sp³-hybridized carbons (Fsp3) is 0.263. The van der Waals surface area contributed by atoms with Crippen LogP contribution in [0.4, 0.5) is 9.18 Å². The molecule has 0 aliphatic carbocycles. The molecule has 6 heteroatoms. The Hall–Kier alpha value is -2.89. The number of benzene rings is 2. The molecule has 0 spiro atoms. The zero-order chi connectivity index (χ0) is 17.6. The predicted octanol–water partition coefficient (Wildman–Crippen LogP) is 2.38. The molecular formula is C19H20FN3O2. The number of hydrogen-bond acceptors (Lipinski definition) is 2. The number of hydrogen-bond donors (Lipinski definition) is 1. The number of nitrogens with one attached hydrogen (secondary N) is 1. The Morgan fingerprint density at radius 1 is 0.960 bits per heavy atom. The molecule has 130 valence electrons. The minimum atomic E-state index is -0.309. The molecule has 2 aromatic rings. The number of carbonyl (C=O) groups is 2. The van der Waals surface area contributed by atoms with Crippen LogP contribution < -0.4 is 5.32 Å². The molecule has 3 rings (SSSR count). The Kier molecular flexibility index (Phi) is 5.28. The molecule has 5 nitrogen and oxygen atoms in total.